The molecule has 8 aromatic rings. The van der Waals surface area contributed by atoms with Crippen molar-refractivity contribution in [3.8, 4) is 27.9 Å². The fourth-order valence-electron chi connectivity index (χ4n) is 6.73. The molecular formula is C41H30F3NSe. The van der Waals surface area contributed by atoms with Crippen LogP contribution in [-0.2, 0) is 6.42 Å². The van der Waals surface area contributed by atoms with Crippen molar-refractivity contribution in [1.29, 1.82) is 0 Å². The number of fused-ring (bicyclic) bond motifs is 7. The Balaban J connectivity index is 1.42. The number of aromatic nitrogens is 1. The minimum absolute atomic E-state index is 0.0329. The Bertz CT molecular complexity index is 2340. The Morgan fingerprint density at radius 1 is 0.565 bits per heavy atom. The summed E-state index contributed by atoms with van der Waals surface area (Å²) >= 11 is -0.0892. The number of hydrogen-bond acceptors (Lipinski definition) is 0. The number of halogens is 3. The van der Waals surface area contributed by atoms with Crippen LogP contribution in [0.5, 0.6) is 0 Å². The Hall–Kier alpha value is -4.57. The summed E-state index contributed by atoms with van der Waals surface area (Å²) in [5, 5.41) is 4.54. The topological polar surface area (TPSA) is 4.93 Å². The van der Waals surface area contributed by atoms with E-state index in [1.54, 1.807) is 0 Å². The van der Waals surface area contributed by atoms with Gasteiger partial charge in [0.15, 0.2) is 0 Å². The maximum absolute atomic E-state index is 14.0. The minimum atomic E-state index is -4.28. The van der Waals surface area contributed by atoms with Crippen molar-refractivity contribution >= 4 is 55.6 Å². The summed E-state index contributed by atoms with van der Waals surface area (Å²) in [4.78, 5) is 0. The molecular weight excluding hydrogens is 642 g/mol. The molecule has 0 saturated carbocycles. The predicted molar refractivity (Wildman–Crippen MR) is 187 cm³/mol. The molecule has 0 radical (unpaired) electrons. The number of benzene rings is 6. The van der Waals surface area contributed by atoms with Gasteiger partial charge in [0.25, 0.3) is 0 Å². The van der Waals surface area contributed by atoms with E-state index in [-0.39, 0.29) is 20.9 Å². The summed E-state index contributed by atoms with van der Waals surface area (Å²) in [6.45, 7) is 2.61. The zero-order chi connectivity index (χ0) is 31.6. The van der Waals surface area contributed by atoms with Crippen LogP contribution in [0.3, 0.4) is 0 Å². The second-order valence-electron chi connectivity index (χ2n) is 12.6. The van der Waals surface area contributed by atoms with Gasteiger partial charge in [0.1, 0.15) is 0 Å². The zero-order valence-electron chi connectivity index (χ0n) is 25.4. The first-order valence-corrected chi connectivity index (χ1v) is 17.1. The Kier molecular flexibility index (Phi) is 6.75. The molecule has 0 N–H and O–H groups in total. The summed E-state index contributed by atoms with van der Waals surface area (Å²) in [5.74, 6) is 0. The van der Waals surface area contributed by atoms with Crippen LogP contribution in [0.15, 0.2) is 133 Å². The monoisotopic (exact) mass is 673 g/mol. The van der Waals surface area contributed by atoms with Crippen LogP contribution in [-0.4, -0.2) is 25.2 Å². The molecule has 0 fully saturated rings. The molecule has 0 saturated heterocycles. The van der Waals surface area contributed by atoms with E-state index in [0.29, 0.717) is 0 Å². The van der Waals surface area contributed by atoms with E-state index in [1.165, 1.54) is 18.1 Å². The SMILES string of the molecule is CC(C)(Cc1cccc2c1[se]c1ccc3c(c4ccccc4n3-c3cc(-c4ccccc4)cc(-c4ccccc4)c3)c12)C(F)(F)F. The first-order valence-electron chi connectivity index (χ1n) is 15.4. The van der Waals surface area contributed by atoms with Gasteiger partial charge in [0.2, 0.25) is 0 Å². The van der Waals surface area contributed by atoms with E-state index in [1.807, 2.05) is 24.3 Å². The van der Waals surface area contributed by atoms with Gasteiger partial charge < -0.3 is 0 Å². The van der Waals surface area contributed by atoms with E-state index in [2.05, 4.69) is 114 Å². The van der Waals surface area contributed by atoms with E-state index in [0.717, 1.165) is 70.3 Å². The van der Waals surface area contributed by atoms with Crippen molar-refractivity contribution in [2.45, 2.75) is 26.4 Å². The molecule has 0 aliphatic heterocycles. The number of nitrogens with zero attached hydrogens (tertiary/aromatic N) is 1. The quantitative estimate of drug-likeness (QED) is 0.160. The molecule has 0 bridgehead atoms. The molecule has 46 heavy (non-hydrogen) atoms. The van der Waals surface area contributed by atoms with Crippen molar-refractivity contribution in [2.24, 2.45) is 5.41 Å². The number of alkyl halides is 3. The van der Waals surface area contributed by atoms with Crippen LogP contribution in [0, 0.1) is 5.41 Å². The van der Waals surface area contributed by atoms with E-state index in [9.17, 15) is 13.2 Å². The van der Waals surface area contributed by atoms with Gasteiger partial charge in [-0.15, -0.1) is 0 Å². The Labute approximate surface area is 271 Å². The first-order chi connectivity index (χ1) is 22.2. The summed E-state index contributed by atoms with van der Waals surface area (Å²) in [7, 11) is 0. The Morgan fingerprint density at radius 3 is 1.83 bits per heavy atom. The zero-order valence-corrected chi connectivity index (χ0v) is 27.1. The van der Waals surface area contributed by atoms with Gasteiger partial charge in [-0.05, 0) is 0 Å². The van der Waals surface area contributed by atoms with Crippen molar-refractivity contribution in [1.82, 2.24) is 4.57 Å². The van der Waals surface area contributed by atoms with Gasteiger partial charge in [0.05, 0.1) is 0 Å². The molecule has 5 heteroatoms. The van der Waals surface area contributed by atoms with Crippen LogP contribution in [0.25, 0.3) is 69.0 Å². The normalized spacial score (nSPS) is 12.5. The summed E-state index contributed by atoms with van der Waals surface area (Å²) in [5.41, 5.74) is 6.82. The standard InChI is InChI=1S/C41H30F3NSe/c1-40(2,41(42,43)44)25-28-16-11-18-33-38-36(46-39(28)33)21-20-35-37(38)32-17-9-10-19-34(32)45(35)31-23-29(26-12-5-3-6-13-26)22-30(24-31)27-14-7-4-8-15-27/h3-24H,25H2,1-2H3. The number of rotatable bonds is 5. The van der Waals surface area contributed by atoms with Crippen molar-refractivity contribution in [3.63, 3.8) is 0 Å². The molecule has 2 aromatic heterocycles. The molecule has 2 heterocycles. The molecule has 0 atom stereocenters. The molecule has 0 aliphatic carbocycles. The molecule has 226 valence electrons. The second-order valence-corrected chi connectivity index (χ2v) is 14.8. The van der Waals surface area contributed by atoms with E-state index >= 15 is 0 Å². The fraction of sp³-hybridized carbons (Fsp3) is 0.122. The van der Waals surface area contributed by atoms with Crippen LogP contribution >= 0.6 is 0 Å². The third-order valence-corrected chi connectivity index (χ3v) is 11.8. The van der Waals surface area contributed by atoms with Crippen molar-refractivity contribution in [2.75, 3.05) is 0 Å². The van der Waals surface area contributed by atoms with Gasteiger partial charge in [-0.2, -0.15) is 0 Å². The first kappa shape index (κ1) is 28.9. The third-order valence-electron chi connectivity index (χ3n) is 9.17. The van der Waals surface area contributed by atoms with Crippen LogP contribution in [0.4, 0.5) is 13.2 Å². The van der Waals surface area contributed by atoms with E-state index < -0.39 is 11.6 Å². The predicted octanol–water partition coefficient (Wildman–Crippen LogP) is 11.6. The summed E-state index contributed by atoms with van der Waals surface area (Å²) < 4.78 is 46.5. The summed E-state index contributed by atoms with van der Waals surface area (Å²) in [6, 6.07) is 46.5. The molecule has 0 spiro atoms. The van der Waals surface area contributed by atoms with Crippen molar-refractivity contribution in [3.05, 3.63) is 139 Å². The maximum atomic E-state index is 14.0. The molecule has 0 unspecified atom stereocenters. The van der Waals surface area contributed by atoms with Gasteiger partial charge in [-0.3, -0.25) is 0 Å². The molecule has 6 aromatic carbocycles. The van der Waals surface area contributed by atoms with Gasteiger partial charge >= 0.3 is 272 Å². The van der Waals surface area contributed by atoms with Crippen LogP contribution in [0.2, 0.25) is 0 Å². The number of para-hydroxylation sites is 1. The van der Waals surface area contributed by atoms with Gasteiger partial charge in [-0.25, -0.2) is 0 Å². The molecule has 8 rings (SSSR count). The fourth-order valence-corrected chi connectivity index (χ4v) is 9.30. The third kappa shape index (κ3) is 4.69. The average molecular weight is 673 g/mol. The molecule has 0 aliphatic rings. The van der Waals surface area contributed by atoms with E-state index in [4.69, 9.17) is 0 Å². The van der Waals surface area contributed by atoms with Gasteiger partial charge in [0, 0.05) is 0 Å². The Morgan fingerprint density at radius 2 is 1.17 bits per heavy atom. The number of hydrogen-bond donors (Lipinski definition) is 0. The van der Waals surface area contributed by atoms with Gasteiger partial charge in [-0.1, -0.05) is 0 Å². The average Bonchev–Trinajstić information content (AvgIpc) is 3.61. The van der Waals surface area contributed by atoms with Crippen molar-refractivity contribution < 1.29 is 13.2 Å². The molecule has 0 amide bonds. The van der Waals surface area contributed by atoms with Crippen LogP contribution in [0.1, 0.15) is 19.4 Å². The molecule has 1 nitrogen and oxygen atoms in total. The second kappa shape index (κ2) is 10.8. The summed E-state index contributed by atoms with van der Waals surface area (Å²) in [6.07, 6.45) is -4.31. The van der Waals surface area contributed by atoms with Crippen LogP contribution < -0.4 is 0 Å².